The summed E-state index contributed by atoms with van der Waals surface area (Å²) in [6.45, 7) is -3.01. The first-order valence-corrected chi connectivity index (χ1v) is 12.7. The maximum atomic E-state index is 9.42. The number of para-hydroxylation sites is 2. The molecule has 0 amide bonds. The van der Waals surface area contributed by atoms with Crippen LogP contribution >= 0.6 is 0 Å². The lowest BCUT2D eigenvalue weighted by atomic mass is 9.87. The van der Waals surface area contributed by atoms with Gasteiger partial charge < -0.3 is 0 Å². The van der Waals surface area contributed by atoms with E-state index >= 15 is 0 Å². The molecule has 0 aliphatic rings. The maximum Gasteiger partial charge on any atom is 0.111 e. The molecule has 2 nitrogen and oxygen atoms in total. The number of hydrogen-bond donors (Lipinski definition) is 0. The SMILES string of the molecule is [2H]c1c([2H])c([2H])c(-c2cc(-c3c([2H])c([2H])c([2H])c([2H])c3[2H])cc(-c3c4c([2H])c([2H])c([2H])c([2H])c4c(-n4c(C([2H])([2H])[2H])nc5ccccc54)c4c([2H])c([2H])c([2H])c([2H])c34)c2)c([2H])c1[2H]. The summed E-state index contributed by atoms with van der Waals surface area (Å²) in [7, 11) is 0. The van der Waals surface area contributed by atoms with Gasteiger partial charge in [-0.2, -0.15) is 0 Å². The maximum absolute atomic E-state index is 9.42. The summed E-state index contributed by atoms with van der Waals surface area (Å²) in [5.41, 5.74) is -1.93. The highest BCUT2D eigenvalue weighted by molar-refractivity contribution is 6.19. The van der Waals surface area contributed by atoms with E-state index < -0.39 is 154 Å². The van der Waals surface area contributed by atoms with Gasteiger partial charge >= 0.3 is 0 Å². The molecule has 0 fully saturated rings. The minimum atomic E-state index is -3.01. The Morgan fingerprint density at radius 1 is 0.548 bits per heavy atom. The fourth-order valence-corrected chi connectivity index (χ4v) is 5.22. The lowest BCUT2D eigenvalue weighted by Crippen LogP contribution is -2.01. The Morgan fingerprint density at radius 3 is 1.62 bits per heavy atom. The molecule has 8 aromatic rings. The van der Waals surface area contributed by atoms with Crippen molar-refractivity contribution >= 4 is 32.6 Å². The average molecular weight is 558 g/mol. The van der Waals surface area contributed by atoms with Crippen molar-refractivity contribution in [1.82, 2.24) is 9.55 Å². The number of aromatic nitrogens is 2. The van der Waals surface area contributed by atoms with Crippen LogP contribution in [0.5, 0.6) is 0 Å². The molecular formula is C40H28N2. The van der Waals surface area contributed by atoms with Gasteiger partial charge in [-0.25, -0.2) is 4.98 Å². The van der Waals surface area contributed by atoms with Crippen molar-refractivity contribution in [3.8, 4) is 39.1 Å². The summed E-state index contributed by atoms with van der Waals surface area (Å²) in [5, 5.41) is -1.65. The molecule has 198 valence electrons. The van der Waals surface area contributed by atoms with Crippen LogP contribution in [-0.4, -0.2) is 9.55 Å². The van der Waals surface area contributed by atoms with Crippen molar-refractivity contribution in [2.24, 2.45) is 0 Å². The lowest BCUT2D eigenvalue weighted by Gasteiger charge is -2.20. The Morgan fingerprint density at radius 2 is 1.05 bits per heavy atom. The Labute approximate surface area is 274 Å². The van der Waals surface area contributed by atoms with Crippen molar-refractivity contribution < 1.29 is 28.8 Å². The quantitative estimate of drug-likeness (QED) is 0.197. The second kappa shape index (κ2) is 9.87. The number of fused-ring (bicyclic) bond motifs is 3. The van der Waals surface area contributed by atoms with Crippen LogP contribution in [0, 0.1) is 6.85 Å². The first-order chi connectivity index (χ1) is 29.4. The van der Waals surface area contributed by atoms with Gasteiger partial charge in [0, 0.05) is 14.9 Å². The van der Waals surface area contributed by atoms with Gasteiger partial charge in [-0.05, 0) is 81.3 Å². The van der Waals surface area contributed by atoms with E-state index in [0.29, 0.717) is 0 Å². The van der Waals surface area contributed by atoms with E-state index in [1.165, 1.54) is 30.3 Å². The Kier molecular flexibility index (Phi) is 2.60. The molecule has 0 saturated carbocycles. The molecule has 1 aromatic heterocycles. The summed E-state index contributed by atoms with van der Waals surface area (Å²) in [5.74, 6) is -0.606. The molecule has 0 aliphatic heterocycles. The van der Waals surface area contributed by atoms with Crippen LogP contribution in [0.2, 0.25) is 0 Å². The summed E-state index contributed by atoms with van der Waals surface area (Å²) < 4.78 is 185. The standard InChI is InChI=1S/C40H28N2/c1-27-41-37-22-12-13-23-38(37)42(27)40-35-20-10-8-18-33(35)39(34-19-9-11-21-36(34)40)32-25-30(28-14-4-2-5-15-28)24-31(26-32)29-16-6-3-7-17-29/h2-26H,1H3/i1D3,2D,3D,4D,5D,6D,7D,8D,9D,10D,11D,14D,15D,16D,17D,18D,19D,20D,21D. The third-order valence-corrected chi connectivity index (χ3v) is 6.93. The smallest absolute Gasteiger partial charge is 0.111 e. The Hall–Kier alpha value is -5.47. The van der Waals surface area contributed by atoms with E-state index in [1.807, 2.05) is 0 Å². The molecule has 0 unspecified atom stereocenters. The molecule has 0 spiro atoms. The van der Waals surface area contributed by atoms with Crippen LogP contribution in [0.1, 0.15) is 34.6 Å². The van der Waals surface area contributed by atoms with Crippen molar-refractivity contribution in [3.63, 3.8) is 0 Å². The number of benzene rings is 7. The van der Waals surface area contributed by atoms with Gasteiger partial charge in [-0.3, -0.25) is 4.57 Å². The predicted octanol–water partition coefficient (Wildman–Crippen LogP) is 10.6. The van der Waals surface area contributed by atoms with Gasteiger partial charge in [-0.1, -0.05) is 121 Å². The zero-order valence-corrected chi connectivity index (χ0v) is 21.4. The van der Waals surface area contributed by atoms with E-state index in [-0.39, 0.29) is 39.0 Å². The highest BCUT2D eigenvalue weighted by Gasteiger charge is 2.20. The van der Waals surface area contributed by atoms with E-state index in [1.54, 1.807) is 12.1 Å². The van der Waals surface area contributed by atoms with Crippen LogP contribution in [0.15, 0.2) is 151 Å². The largest absolute Gasteiger partial charge is 0.295 e. The molecule has 7 aromatic carbocycles. The Balaban J connectivity index is 1.72. The molecule has 8 rings (SSSR count). The third-order valence-electron chi connectivity index (χ3n) is 6.93. The summed E-state index contributed by atoms with van der Waals surface area (Å²) >= 11 is 0. The monoisotopic (exact) mass is 557 g/mol. The first kappa shape index (κ1) is 11.1. The van der Waals surface area contributed by atoms with Gasteiger partial charge in [0.2, 0.25) is 0 Å². The number of imidazole rings is 1. The molecule has 0 N–H and O–H groups in total. The molecule has 1 heterocycles. The van der Waals surface area contributed by atoms with Crippen LogP contribution in [0.4, 0.5) is 0 Å². The molecule has 0 saturated heterocycles. The second-order valence-corrected chi connectivity index (χ2v) is 9.28. The third kappa shape index (κ3) is 3.92. The van der Waals surface area contributed by atoms with E-state index in [0.717, 1.165) is 4.57 Å². The zero-order valence-electron chi connectivity index (χ0n) is 42.4. The van der Waals surface area contributed by atoms with Crippen LogP contribution in [0.25, 0.3) is 71.6 Å². The fraction of sp³-hybridized carbons (Fsp3) is 0.0250. The molecule has 0 bridgehead atoms. The predicted molar refractivity (Wildman–Crippen MR) is 177 cm³/mol. The van der Waals surface area contributed by atoms with Gasteiger partial charge in [0.15, 0.2) is 0 Å². The van der Waals surface area contributed by atoms with Gasteiger partial charge in [-0.15, -0.1) is 0 Å². The van der Waals surface area contributed by atoms with Crippen LogP contribution < -0.4 is 0 Å². The number of hydrogen-bond acceptors (Lipinski definition) is 1. The molecule has 2 heteroatoms. The normalized spacial score (nSPS) is 18.8. The summed E-state index contributed by atoms with van der Waals surface area (Å²) in [4.78, 5) is 4.36. The molecule has 0 radical (unpaired) electrons. The number of aryl methyl sites for hydroxylation is 1. The molecule has 0 aliphatic carbocycles. The Bertz CT molecular complexity index is 3140. The summed E-state index contributed by atoms with van der Waals surface area (Å²) in [6.07, 6.45) is 0. The van der Waals surface area contributed by atoms with Crippen molar-refractivity contribution in [2.75, 3.05) is 0 Å². The summed E-state index contributed by atoms with van der Waals surface area (Å²) in [6, 6.07) is -3.71. The molecule has 0 atom stereocenters. The lowest BCUT2D eigenvalue weighted by molar-refractivity contribution is 1.02. The van der Waals surface area contributed by atoms with Crippen LogP contribution in [-0.2, 0) is 0 Å². The van der Waals surface area contributed by atoms with Crippen molar-refractivity contribution in [3.05, 3.63) is 157 Å². The highest BCUT2D eigenvalue weighted by Crippen LogP contribution is 2.44. The topological polar surface area (TPSA) is 17.8 Å². The fourth-order valence-electron chi connectivity index (χ4n) is 5.22. The highest BCUT2D eigenvalue weighted by atomic mass is 15.1. The van der Waals surface area contributed by atoms with Gasteiger partial charge in [0.1, 0.15) is 5.82 Å². The second-order valence-electron chi connectivity index (χ2n) is 9.28. The number of nitrogens with zero attached hydrogens (tertiary/aromatic N) is 2. The van der Waals surface area contributed by atoms with Crippen LogP contribution in [0.3, 0.4) is 0 Å². The van der Waals surface area contributed by atoms with Gasteiger partial charge in [0.25, 0.3) is 0 Å². The molecule has 42 heavy (non-hydrogen) atoms. The number of rotatable bonds is 4. The van der Waals surface area contributed by atoms with E-state index in [9.17, 15) is 5.48 Å². The van der Waals surface area contributed by atoms with Crippen molar-refractivity contribution in [1.29, 1.82) is 0 Å². The first-order valence-electron chi connectivity index (χ1n) is 23.2. The van der Waals surface area contributed by atoms with Gasteiger partial charge in [0.05, 0.1) is 41.4 Å². The zero-order chi connectivity index (χ0) is 46.2. The van der Waals surface area contributed by atoms with Crippen molar-refractivity contribution in [2.45, 2.75) is 6.85 Å². The van der Waals surface area contributed by atoms with E-state index in [4.69, 9.17) is 23.3 Å². The van der Waals surface area contributed by atoms with E-state index in [2.05, 4.69) is 4.98 Å². The molecular weight excluding hydrogens is 508 g/mol. The minimum Gasteiger partial charge on any atom is -0.295 e. The average Bonchev–Trinajstić information content (AvgIpc) is 3.65. The minimum absolute atomic E-state index is 0.102.